The fourth-order valence-corrected chi connectivity index (χ4v) is 4.96. The molecule has 94 valence electrons. The minimum Gasteiger partial charge on any atom is -0.355 e. The topological polar surface area (TPSA) is 29.1 Å². The molecule has 4 aliphatic rings. The van der Waals surface area contributed by atoms with Crippen LogP contribution in [-0.2, 0) is 4.79 Å². The number of hydrogen-bond acceptors (Lipinski definition) is 1. The summed E-state index contributed by atoms with van der Waals surface area (Å²) in [6.45, 7) is 0.820. The molecule has 0 spiro atoms. The van der Waals surface area contributed by atoms with Crippen molar-refractivity contribution in [2.75, 3.05) is 12.4 Å². The summed E-state index contributed by atoms with van der Waals surface area (Å²) in [5.74, 6) is 4.74. The van der Waals surface area contributed by atoms with Crippen LogP contribution in [0.5, 0.6) is 0 Å². The molecular weight excluding hydrogens is 234 g/mol. The molecule has 0 aromatic heterocycles. The number of halogens is 1. The Morgan fingerprint density at radius 1 is 1.24 bits per heavy atom. The Morgan fingerprint density at radius 3 is 2.41 bits per heavy atom. The lowest BCUT2D eigenvalue weighted by Gasteiger charge is -2.14. The van der Waals surface area contributed by atoms with E-state index >= 15 is 0 Å². The molecule has 0 aromatic carbocycles. The van der Waals surface area contributed by atoms with Crippen LogP contribution >= 0.6 is 11.6 Å². The molecule has 3 heteroatoms. The van der Waals surface area contributed by atoms with Gasteiger partial charge in [0.1, 0.15) is 0 Å². The van der Waals surface area contributed by atoms with Crippen LogP contribution in [0.15, 0.2) is 0 Å². The van der Waals surface area contributed by atoms with Crippen LogP contribution in [0.3, 0.4) is 0 Å². The average Bonchev–Trinajstić information content (AvgIpc) is 3.23. The molecule has 17 heavy (non-hydrogen) atoms. The summed E-state index contributed by atoms with van der Waals surface area (Å²) >= 11 is 5.94. The van der Waals surface area contributed by atoms with Crippen molar-refractivity contribution in [3.05, 3.63) is 0 Å². The molecule has 2 bridgehead atoms. The number of amides is 1. The van der Waals surface area contributed by atoms with Gasteiger partial charge in [-0.05, 0) is 55.8 Å². The third-order valence-electron chi connectivity index (χ3n) is 5.92. The highest BCUT2D eigenvalue weighted by molar-refractivity contribution is 6.18. The van der Waals surface area contributed by atoms with Crippen LogP contribution in [0.2, 0.25) is 0 Å². The number of carbonyl (C=O) groups is 1. The predicted octanol–water partition coefficient (Wildman–Crippen LogP) is 2.41. The van der Waals surface area contributed by atoms with E-state index in [4.69, 9.17) is 11.6 Å². The Labute approximate surface area is 107 Å². The Hall–Kier alpha value is -0.240. The van der Waals surface area contributed by atoms with E-state index in [1.54, 1.807) is 0 Å². The second-order valence-corrected chi connectivity index (χ2v) is 7.13. The molecule has 1 N–H and O–H groups in total. The Bertz CT molecular complexity index is 349. The molecule has 0 aromatic rings. The van der Waals surface area contributed by atoms with Crippen molar-refractivity contribution in [3.63, 3.8) is 0 Å². The van der Waals surface area contributed by atoms with E-state index in [0.717, 1.165) is 30.2 Å². The smallest absolute Gasteiger partial charge is 0.223 e. The standard InChI is InChI=1S/C14H20ClNO/c15-6-14(3-4-14)7-16-13(17)12-10-8-1-2-9(5-8)11(10)12/h8-12H,1-7H2,(H,16,17). The number of fused-ring (bicyclic) bond motifs is 5. The van der Waals surface area contributed by atoms with Crippen LogP contribution in [-0.4, -0.2) is 18.3 Å². The van der Waals surface area contributed by atoms with Crippen molar-refractivity contribution >= 4 is 17.5 Å². The van der Waals surface area contributed by atoms with Gasteiger partial charge in [-0.3, -0.25) is 4.79 Å². The third-order valence-corrected chi connectivity index (χ3v) is 6.48. The first-order valence-corrected chi connectivity index (χ1v) is 7.61. The van der Waals surface area contributed by atoms with Gasteiger partial charge in [0, 0.05) is 23.8 Å². The highest BCUT2D eigenvalue weighted by Gasteiger charge is 2.67. The summed E-state index contributed by atoms with van der Waals surface area (Å²) in [6, 6.07) is 0. The van der Waals surface area contributed by atoms with Crippen LogP contribution in [0.25, 0.3) is 0 Å². The second-order valence-electron chi connectivity index (χ2n) is 6.87. The van der Waals surface area contributed by atoms with Gasteiger partial charge in [0.15, 0.2) is 0 Å². The molecule has 0 heterocycles. The number of carbonyl (C=O) groups excluding carboxylic acids is 1. The number of rotatable bonds is 4. The number of hydrogen-bond donors (Lipinski definition) is 1. The number of alkyl halides is 1. The van der Waals surface area contributed by atoms with E-state index in [0.29, 0.717) is 17.7 Å². The van der Waals surface area contributed by atoms with Gasteiger partial charge in [-0.1, -0.05) is 0 Å². The summed E-state index contributed by atoms with van der Waals surface area (Å²) in [5, 5.41) is 3.17. The van der Waals surface area contributed by atoms with E-state index in [1.165, 1.54) is 32.1 Å². The summed E-state index contributed by atoms with van der Waals surface area (Å²) in [5.41, 5.74) is 0.264. The van der Waals surface area contributed by atoms with Crippen LogP contribution in [0.1, 0.15) is 32.1 Å². The van der Waals surface area contributed by atoms with Crippen molar-refractivity contribution in [2.24, 2.45) is 35.0 Å². The molecule has 2 nitrogen and oxygen atoms in total. The minimum absolute atomic E-state index is 0.264. The second kappa shape index (κ2) is 3.40. The van der Waals surface area contributed by atoms with Gasteiger partial charge in [-0.2, -0.15) is 0 Å². The van der Waals surface area contributed by atoms with E-state index in [2.05, 4.69) is 5.32 Å². The fourth-order valence-electron chi connectivity index (χ4n) is 4.60. The molecular formula is C14H20ClNO. The molecule has 1 amide bonds. The third kappa shape index (κ3) is 1.49. The maximum atomic E-state index is 12.2. The van der Waals surface area contributed by atoms with Gasteiger partial charge in [0.25, 0.3) is 0 Å². The molecule has 4 fully saturated rings. The van der Waals surface area contributed by atoms with Gasteiger partial charge in [0.05, 0.1) is 0 Å². The summed E-state index contributed by atoms with van der Waals surface area (Å²) < 4.78 is 0. The maximum absolute atomic E-state index is 12.2. The first-order chi connectivity index (χ1) is 8.24. The summed E-state index contributed by atoms with van der Waals surface area (Å²) in [7, 11) is 0. The zero-order chi connectivity index (χ0) is 11.6. The molecule has 4 atom stereocenters. The zero-order valence-corrected chi connectivity index (χ0v) is 10.9. The lowest BCUT2D eigenvalue weighted by molar-refractivity contribution is -0.123. The predicted molar refractivity (Wildman–Crippen MR) is 66.7 cm³/mol. The normalized spacial score (nSPS) is 47.7. The van der Waals surface area contributed by atoms with Gasteiger partial charge in [-0.15, -0.1) is 11.6 Å². The molecule has 4 saturated carbocycles. The molecule has 0 radical (unpaired) electrons. The van der Waals surface area contributed by atoms with Crippen molar-refractivity contribution in [1.29, 1.82) is 0 Å². The van der Waals surface area contributed by atoms with Gasteiger partial charge >= 0.3 is 0 Å². The van der Waals surface area contributed by atoms with E-state index < -0.39 is 0 Å². The zero-order valence-electron chi connectivity index (χ0n) is 10.1. The van der Waals surface area contributed by atoms with Crippen molar-refractivity contribution < 1.29 is 4.79 Å². The molecule has 4 rings (SSSR count). The van der Waals surface area contributed by atoms with Crippen molar-refractivity contribution in [3.8, 4) is 0 Å². The Kier molecular flexibility index (Phi) is 2.13. The molecule has 4 aliphatic carbocycles. The van der Waals surface area contributed by atoms with Crippen LogP contribution in [0, 0.1) is 35.0 Å². The minimum atomic E-state index is 0.264. The molecule has 4 unspecified atom stereocenters. The van der Waals surface area contributed by atoms with Crippen LogP contribution < -0.4 is 5.32 Å². The highest BCUT2D eigenvalue weighted by atomic mass is 35.5. The van der Waals surface area contributed by atoms with Crippen molar-refractivity contribution in [1.82, 2.24) is 5.32 Å². The van der Waals surface area contributed by atoms with Gasteiger partial charge in [-0.25, -0.2) is 0 Å². The quantitative estimate of drug-likeness (QED) is 0.766. The lowest BCUT2D eigenvalue weighted by Crippen LogP contribution is -2.33. The Morgan fingerprint density at radius 2 is 1.88 bits per heavy atom. The van der Waals surface area contributed by atoms with Crippen molar-refractivity contribution in [2.45, 2.75) is 32.1 Å². The summed E-state index contributed by atoms with van der Waals surface area (Å²) in [4.78, 5) is 12.2. The fraction of sp³-hybridized carbons (Fsp3) is 0.929. The maximum Gasteiger partial charge on any atom is 0.223 e. The van der Waals surface area contributed by atoms with Gasteiger partial charge < -0.3 is 5.32 Å². The molecule has 0 aliphatic heterocycles. The monoisotopic (exact) mass is 253 g/mol. The van der Waals surface area contributed by atoms with E-state index in [1.807, 2.05) is 0 Å². The van der Waals surface area contributed by atoms with E-state index in [-0.39, 0.29) is 5.41 Å². The first-order valence-electron chi connectivity index (χ1n) is 7.08. The number of nitrogens with one attached hydrogen (secondary N) is 1. The average molecular weight is 254 g/mol. The van der Waals surface area contributed by atoms with Gasteiger partial charge in [0.2, 0.25) is 5.91 Å². The molecule has 0 saturated heterocycles. The largest absolute Gasteiger partial charge is 0.355 e. The highest BCUT2D eigenvalue weighted by Crippen LogP contribution is 2.69. The summed E-state index contributed by atoms with van der Waals surface area (Å²) in [6.07, 6.45) is 6.59. The van der Waals surface area contributed by atoms with Crippen LogP contribution in [0.4, 0.5) is 0 Å². The first kappa shape index (κ1) is 10.7. The Balaban J connectivity index is 1.34. The van der Waals surface area contributed by atoms with E-state index in [9.17, 15) is 4.79 Å². The lowest BCUT2D eigenvalue weighted by atomic mass is 10.0. The SMILES string of the molecule is O=C(NCC1(CCl)CC1)C1C2C3CCC(C3)C12.